The van der Waals surface area contributed by atoms with Gasteiger partial charge in [-0.05, 0) is 36.4 Å². The number of nitrogen functional groups attached to an aromatic ring is 1. The Kier molecular flexibility index (Phi) is 4.14. The number of phenolic OH excluding ortho intramolecular Hbond substituents is 1. The third-order valence-corrected chi connectivity index (χ3v) is 3.20. The zero-order valence-electron chi connectivity index (χ0n) is 10.7. The molecule has 0 fully saturated rings. The van der Waals surface area contributed by atoms with Crippen LogP contribution in [0.4, 0.5) is 11.4 Å². The number of benzene rings is 2. The fourth-order valence-corrected chi connectivity index (χ4v) is 2.02. The van der Waals surface area contributed by atoms with E-state index >= 15 is 0 Å². The number of amides is 1. The lowest BCUT2D eigenvalue weighted by Crippen LogP contribution is -2.12. The van der Waals surface area contributed by atoms with Crippen molar-refractivity contribution >= 4 is 33.2 Å². The highest BCUT2D eigenvalue weighted by atomic mass is 79.9. The van der Waals surface area contributed by atoms with Crippen molar-refractivity contribution in [2.45, 2.75) is 0 Å². The predicted octanol–water partition coefficient (Wildman–Crippen LogP) is 3.00. The van der Waals surface area contributed by atoms with E-state index < -0.39 is 0 Å². The molecule has 0 heterocycles. The first kappa shape index (κ1) is 14.2. The van der Waals surface area contributed by atoms with Gasteiger partial charge in [0.1, 0.15) is 11.5 Å². The summed E-state index contributed by atoms with van der Waals surface area (Å²) in [6, 6.07) is 9.60. The molecular formula is C14H13BrN2O3. The molecule has 2 rings (SSSR count). The smallest absolute Gasteiger partial charge is 0.255 e. The van der Waals surface area contributed by atoms with E-state index in [1.807, 2.05) is 6.07 Å². The summed E-state index contributed by atoms with van der Waals surface area (Å²) in [5, 5.41) is 12.2. The molecule has 0 radical (unpaired) electrons. The average Bonchev–Trinajstić information content (AvgIpc) is 2.42. The summed E-state index contributed by atoms with van der Waals surface area (Å²) in [5.41, 5.74) is 6.56. The van der Waals surface area contributed by atoms with Crippen LogP contribution in [0.3, 0.4) is 0 Å². The van der Waals surface area contributed by atoms with Crippen LogP contribution in [0, 0.1) is 0 Å². The summed E-state index contributed by atoms with van der Waals surface area (Å²) >= 11 is 3.33. The van der Waals surface area contributed by atoms with Gasteiger partial charge >= 0.3 is 0 Å². The van der Waals surface area contributed by atoms with Crippen molar-refractivity contribution < 1.29 is 14.6 Å². The number of halogens is 1. The van der Waals surface area contributed by atoms with E-state index in [1.54, 1.807) is 12.1 Å². The summed E-state index contributed by atoms with van der Waals surface area (Å²) in [6.45, 7) is 0. The molecule has 1 amide bonds. The number of carbonyl (C=O) groups excluding carboxylic acids is 1. The van der Waals surface area contributed by atoms with Crippen molar-refractivity contribution in [3.8, 4) is 11.5 Å². The van der Waals surface area contributed by atoms with Gasteiger partial charge in [-0.25, -0.2) is 0 Å². The van der Waals surface area contributed by atoms with Gasteiger partial charge in [0.25, 0.3) is 5.91 Å². The number of hydrogen-bond donors (Lipinski definition) is 3. The van der Waals surface area contributed by atoms with Crippen LogP contribution >= 0.6 is 15.9 Å². The van der Waals surface area contributed by atoms with Gasteiger partial charge in [-0.2, -0.15) is 0 Å². The fraction of sp³-hybridized carbons (Fsp3) is 0.0714. The standard InChI is InChI=1S/C14H13BrN2O3/c1-20-13-5-3-9(15)7-11(13)17-14(19)8-2-4-10(16)12(18)6-8/h2-7,18H,16H2,1H3,(H,17,19). The largest absolute Gasteiger partial charge is 0.506 e. The first-order valence-electron chi connectivity index (χ1n) is 5.74. The Morgan fingerprint density at radius 3 is 2.70 bits per heavy atom. The molecule has 0 unspecified atom stereocenters. The van der Waals surface area contributed by atoms with E-state index in [4.69, 9.17) is 10.5 Å². The molecule has 2 aromatic rings. The Hall–Kier alpha value is -2.21. The minimum absolute atomic E-state index is 0.126. The van der Waals surface area contributed by atoms with Gasteiger partial charge in [0.15, 0.2) is 0 Å². The average molecular weight is 337 g/mol. The maximum Gasteiger partial charge on any atom is 0.255 e. The lowest BCUT2D eigenvalue weighted by molar-refractivity contribution is 0.102. The molecule has 2 aromatic carbocycles. The minimum Gasteiger partial charge on any atom is -0.506 e. The molecular weight excluding hydrogens is 324 g/mol. The minimum atomic E-state index is -0.364. The molecule has 0 spiro atoms. The van der Waals surface area contributed by atoms with Crippen LogP contribution in [0.15, 0.2) is 40.9 Å². The second-order valence-corrected chi connectivity index (χ2v) is 4.99. The zero-order chi connectivity index (χ0) is 14.7. The van der Waals surface area contributed by atoms with Gasteiger partial charge in [-0.1, -0.05) is 15.9 Å². The molecule has 0 aliphatic heterocycles. The van der Waals surface area contributed by atoms with Crippen molar-refractivity contribution in [3.63, 3.8) is 0 Å². The molecule has 4 N–H and O–H groups in total. The van der Waals surface area contributed by atoms with Crippen molar-refractivity contribution in [2.75, 3.05) is 18.2 Å². The first-order chi connectivity index (χ1) is 9.51. The molecule has 0 atom stereocenters. The summed E-state index contributed by atoms with van der Waals surface area (Å²) < 4.78 is 5.99. The lowest BCUT2D eigenvalue weighted by atomic mass is 10.1. The number of nitrogens with two attached hydrogens (primary N) is 1. The summed E-state index contributed by atoms with van der Waals surface area (Å²) in [5.74, 6) is 0.0526. The molecule has 0 aliphatic rings. The first-order valence-corrected chi connectivity index (χ1v) is 6.54. The zero-order valence-corrected chi connectivity index (χ0v) is 12.3. The summed E-state index contributed by atoms with van der Waals surface area (Å²) in [7, 11) is 1.52. The third-order valence-electron chi connectivity index (χ3n) is 2.70. The van der Waals surface area contributed by atoms with Crippen molar-refractivity contribution in [1.82, 2.24) is 0 Å². The summed E-state index contributed by atoms with van der Waals surface area (Å²) in [6.07, 6.45) is 0. The number of phenols is 1. The van der Waals surface area contributed by atoms with Crippen LogP contribution in [0.25, 0.3) is 0 Å². The Bertz CT molecular complexity index is 659. The highest BCUT2D eigenvalue weighted by Crippen LogP contribution is 2.29. The van der Waals surface area contributed by atoms with E-state index in [2.05, 4.69) is 21.2 Å². The van der Waals surface area contributed by atoms with E-state index in [1.165, 1.54) is 25.3 Å². The van der Waals surface area contributed by atoms with Crippen LogP contribution in [-0.4, -0.2) is 18.1 Å². The van der Waals surface area contributed by atoms with Crippen molar-refractivity contribution in [2.24, 2.45) is 0 Å². The SMILES string of the molecule is COc1ccc(Br)cc1NC(=O)c1ccc(N)c(O)c1. The van der Waals surface area contributed by atoms with E-state index in [9.17, 15) is 9.90 Å². The maximum absolute atomic E-state index is 12.1. The monoisotopic (exact) mass is 336 g/mol. The Morgan fingerprint density at radius 1 is 1.30 bits per heavy atom. The Balaban J connectivity index is 2.27. The molecule has 20 heavy (non-hydrogen) atoms. The number of rotatable bonds is 3. The molecule has 5 nitrogen and oxygen atoms in total. The second-order valence-electron chi connectivity index (χ2n) is 4.07. The number of carbonyl (C=O) groups is 1. The van der Waals surface area contributed by atoms with Gasteiger partial charge in [-0.3, -0.25) is 4.79 Å². The number of ether oxygens (including phenoxy) is 1. The van der Waals surface area contributed by atoms with Gasteiger partial charge in [0.05, 0.1) is 18.5 Å². The van der Waals surface area contributed by atoms with Crippen LogP contribution in [0.2, 0.25) is 0 Å². The highest BCUT2D eigenvalue weighted by molar-refractivity contribution is 9.10. The van der Waals surface area contributed by atoms with Crippen LogP contribution in [0.1, 0.15) is 10.4 Å². The van der Waals surface area contributed by atoms with E-state index in [-0.39, 0.29) is 17.3 Å². The van der Waals surface area contributed by atoms with Crippen LogP contribution < -0.4 is 15.8 Å². The molecule has 0 saturated heterocycles. The predicted molar refractivity (Wildman–Crippen MR) is 81.2 cm³/mol. The number of anilines is 2. The topological polar surface area (TPSA) is 84.6 Å². The lowest BCUT2D eigenvalue weighted by Gasteiger charge is -2.11. The number of methoxy groups -OCH3 is 1. The van der Waals surface area contributed by atoms with Crippen molar-refractivity contribution in [3.05, 3.63) is 46.4 Å². The van der Waals surface area contributed by atoms with Crippen LogP contribution in [-0.2, 0) is 0 Å². The van der Waals surface area contributed by atoms with Crippen LogP contribution in [0.5, 0.6) is 11.5 Å². The van der Waals surface area contributed by atoms with Gasteiger partial charge < -0.3 is 20.9 Å². The highest BCUT2D eigenvalue weighted by Gasteiger charge is 2.11. The maximum atomic E-state index is 12.1. The van der Waals surface area contributed by atoms with E-state index in [0.29, 0.717) is 17.0 Å². The molecule has 0 saturated carbocycles. The molecule has 0 aromatic heterocycles. The molecule has 6 heteroatoms. The third kappa shape index (κ3) is 3.03. The Morgan fingerprint density at radius 2 is 2.05 bits per heavy atom. The molecule has 0 bridgehead atoms. The number of hydrogen-bond acceptors (Lipinski definition) is 4. The quantitative estimate of drug-likeness (QED) is 0.594. The molecule has 104 valence electrons. The van der Waals surface area contributed by atoms with E-state index in [0.717, 1.165) is 4.47 Å². The van der Waals surface area contributed by atoms with Gasteiger partial charge in [0.2, 0.25) is 0 Å². The molecule has 0 aliphatic carbocycles. The normalized spacial score (nSPS) is 10.1. The fourth-order valence-electron chi connectivity index (χ4n) is 1.66. The van der Waals surface area contributed by atoms with Crippen molar-refractivity contribution in [1.29, 1.82) is 0 Å². The Labute approximate surface area is 124 Å². The second kappa shape index (κ2) is 5.83. The van der Waals surface area contributed by atoms with Gasteiger partial charge in [-0.15, -0.1) is 0 Å². The number of aromatic hydroxyl groups is 1. The number of nitrogens with one attached hydrogen (secondary N) is 1. The summed E-state index contributed by atoms with van der Waals surface area (Å²) in [4.78, 5) is 12.1. The van der Waals surface area contributed by atoms with Gasteiger partial charge in [0, 0.05) is 10.0 Å².